The Balaban J connectivity index is 2.09. The molecule has 0 aliphatic heterocycles. The number of hydrogen-bond donors (Lipinski definition) is 0. The van der Waals surface area contributed by atoms with Crippen LogP contribution in [0.15, 0.2) is 42.5 Å². The monoisotopic (exact) mass is 262 g/mol. The molecular weight excluding hydrogens is 248 g/mol. The molecule has 0 radical (unpaired) electrons. The van der Waals surface area contributed by atoms with E-state index < -0.39 is 5.41 Å². The van der Waals surface area contributed by atoms with E-state index in [1.54, 1.807) is 0 Å². The topological polar surface area (TPSA) is 34.1 Å². The van der Waals surface area contributed by atoms with Gasteiger partial charge in [-0.2, -0.15) is 0 Å². The predicted molar refractivity (Wildman–Crippen MR) is 78.6 cm³/mol. The van der Waals surface area contributed by atoms with Crippen LogP contribution in [0, 0.1) is 5.41 Å². The first kappa shape index (κ1) is 11.6. The van der Waals surface area contributed by atoms with Crippen LogP contribution in [-0.4, -0.2) is 11.6 Å². The summed E-state index contributed by atoms with van der Waals surface area (Å²) in [6, 6.07) is 12.0. The van der Waals surface area contributed by atoms with E-state index in [0.717, 1.165) is 27.5 Å². The van der Waals surface area contributed by atoms with Crippen molar-refractivity contribution in [3.63, 3.8) is 0 Å². The van der Waals surface area contributed by atoms with Crippen molar-refractivity contribution >= 4 is 27.9 Å². The normalized spacial score (nSPS) is 24.6. The standard InChI is InChI=1S/C18H14O2/c1-18-10-15(19)17-12-5-3-2-4-11(12)6-7-13(17)14(18)8-9-16(18)20/h2-8H,9-10H2,1H3. The molecule has 0 N–H and O–H groups in total. The van der Waals surface area contributed by atoms with Crippen molar-refractivity contribution < 1.29 is 9.59 Å². The summed E-state index contributed by atoms with van der Waals surface area (Å²) in [5.41, 5.74) is 2.18. The second kappa shape index (κ2) is 3.66. The number of hydrogen-bond acceptors (Lipinski definition) is 2. The molecule has 1 unspecified atom stereocenters. The Hall–Kier alpha value is -2.22. The fraction of sp³-hybridized carbons (Fsp3) is 0.222. The van der Waals surface area contributed by atoms with E-state index >= 15 is 0 Å². The maximum absolute atomic E-state index is 12.6. The Morgan fingerprint density at radius 2 is 1.85 bits per heavy atom. The quantitative estimate of drug-likeness (QED) is 0.724. The van der Waals surface area contributed by atoms with Gasteiger partial charge in [0.1, 0.15) is 5.78 Å². The predicted octanol–water partition coefficient (Wildman–Crippen LogP) is 3.79. The van der Waals surface area contributed by atoms with Crippen molar-refractivity contribution in [3.8, 4) is 0 Å². The van der Waals surface area contributed by atoms with Crippen LogP contribution < -0.4 is 0 Å². The third-order valence-corrected chi connectivity index (χ3v) is 4.71. The van der Waals surface area contributed by atoms with E-state index in [0.29, 0.717) is 12.8 Å². The first-order valence-corrected chi connectivity index (χ1v) is 6.90. The molecule has 0 bridgehead atoms. The van der Waals surface area contributed by atoms with E-state index in [2.05, 4.69) is 0 Å². The minimum atomic E-state index is -0.605. The lowest BCUT2D eigenvalue weighted by molar-refractivity contribution is -0.123. The van der Waals surface area contributed by atoms with Crippen LogP contribution in [0.5, 0.6) is 0 Å². The number of carbonyl (C=O) groups excluding carboxylic acids is 2. The van der Waals surface area contributed by atoms with Crippen molar-refractivity contribution in [1.29, 1.82) is 0 Å². The number of allylic oxidation sites excluding steroid dienone is 2. The van der Waals surface area contributed by atoms with Crippen LogP contribution in [0.3, 0.4) is 0 Å². The number of rotatable bonds is 0. The van der Waals surface area contributed by atoms with E-state index in [-0.39, 0.29) is 11.6 Å². The highest BCUT2D eigenvalue weighted by molar-refractivity contribution is 6.20. The first-order chi connectivity index (χ1) is 9.61. The Morgan fingerprint density at radius 1 is 1.05 bits per heavy atom. The zero-order chi connectivity index (χ0) is 13.9. The summed E-state index contributed by atoms with van der Waals surface area (Å²) in [5.74, 6) is 0.256. The molecule has 20 heavy (non-hydrogen) atoms. The highest BCUT2D eigenvalue weighted by Crippen LogP contribution is 2.50. The minimum absolute atomic E-state index is 0.0895. The van der Waals surface area contributed by atoms with Gasteiger partial charge in [-0.3, -0.25) is 9.59 Å². The molecule has 0 saturated heterocycles. The Labute approximate surface area is 117 Å². The molecule has 0 aromatic heterocycles. The van der Waals surface area contributed by atoms with Crippen LogP contribution in [0.4, 0.5) is 0 Å². The fourth-order valence-corrected chi connectivity index (χ4v) is 3.60. The summed E-state index contributed by atoms with van der Waals surface area (Å²) in [7, 11) is 0. The van der Waals surface area contributed by atoms with Crippen LogP contribution in [-0.2, 0) is 4.79 Å². The highest BCUT2D eigenvalue weighted by atomic mass is 16.1. The number of carbonyl (C=O) groups is 2. The second-order valence-electron chi connectivity index (χ2n) is 5.89. The average Bonchev–Trinajstić information content (AvgIpc) is 2.74. The molecule has 2 aromatic rings. The molecule has 0 spiro atoms. The Kier molecular flexibility index (Phi) is 2.12. The molecule has 2 aliphatic carbocycles. The van der Waals surface area contributed by atoms with Gasteiger partial charge in [-0.25, -0.2) is 0 Å². The summed E-state index contributed by atoms with van der Waals surface area (Å²) >= 11 is 0. The number of fused-ring (bicyclic) bond motifs is 5. The van der Waals surface area contributed by atoms with E-state index in [4.69, 9.17) is 0 Å². The van der Waals surface area contributed by atoms with Gasteiger partial charge in [0.05, 0.1) is 5.41 Å². The van der Waals surface area contributed by atoms with E-state index in [9.17, 15) is 9.59 Å². The molecule has 1 atom stereocenters. The van der Waals surface area contributed by atoms with Gasteiger partial charge in [-0.1, -0.05) is 42.5 Å². The van der Waals surface area contributed by atoms with E-state index in [1.807, 2.05) is 49.4 Å². The Bertz CT molecular complexity index is 813. The third kappa shape index (κ3) is 1.29. The lowest BCUT2D eigenvalue weighted by atomic mass is 9.68. The molecule has 4 rings (SSSR count). The van der Waals surface area contributed by atoms with Gasteiger partial charge in [-0.05, 0) is 28.8 Å². The number of benzene rings is 2. The average molecular weight is 262 g/mol. The summed E-state index contributed by atoms with van der Waals surface area (Å²) in [6.45, 7) is 1.91. The highest BCUT2D eigenvalue weighted by Gasteiger charge is 2.47. The molecule has 98 valence electrons. The molecule has 0 saturated carbocycles. The van der Waals surface area contributed by atoms with Crippen molar-refractivity contribution in [1.82, 2.24) is 0 Å². The van der Waals surface area contributed by atoms with Crippen LogP contribution >= 0.6 is 0 Å². The molecule has 0 amide bonds. The second-order valence-corrected chi connectivity index (χ2v) is 5.89. The summed E-state index contributed by atoms with van der Waals surface area (Å²) < 4.78 is 0. The maximum Gasteiger partial charge on any atom is 0.165 e. The van der Waals surface area contributed by atoms with Crippen molar-refractivity contribution in [2.45, 2.75) is 19.8 Å². The van der Waals surface area contributed by atoms with Gasteiger partial charge < -0.3 is 0 Å². The molecular formula is C18H14O2. The van der Waals surface area contributed by atoms with Gasteiger partial charge in [0.2, 0.25) is 0 Å². The Morgan fingerprint density at radius 3 is 2.70 bits per heavy atom. The number of ketones is 2. The molecule has 2 nitrogen and oxygen atoms in total. The van der Waals surface area contributed by atoms with Gasteiger partial charge in [-0.15, -0.1) is 0 Å². The van der Waals surface area contributed by atoms with Gasteiger partial charge >= 0.3 is 0 Å². The van der Waals surface area contributed by atoms with Gasteiger partial charge in [0.15, 0.2) is 5.78 Å². The molecule has 2 aliphatic rings. The third-order valence-electron chi connectivity index (χ3n) is 4.71. The van der Waals surface area contributed by atoms with E-state index in [1.165, 1.54) is 0 Å². The van der Waals surface area contributed by atoms with Crippen LogP contribution in [0.25, 0.3) is 16.3 Å². The molecule has 2 heteroatoms. The van der Waals surface area contributed by atoms with Crippen molar-refractivity contribution in [2.75, 3.05) is 0 Å². The van der Waals surface area contributed by atoms with Crippen LogP contribution in [0.2, 0.25) is 0 Å². The summed E-state index contributed by atoms with van der Waals surface area (Å²) in [4.78, 5) is 24.8. The molecule has 0 fully saturated rings. The number of Topliss-reactive ketones (excluding diaryl/α,β-unsaturated/α-hetero) is 2. The zero-order valence-corrected chi connectivity index (χ0v) is 11.3. The smallest absolute Gasteiger partial charge is 0.165 e. The minimum Gasteiger partial charge on any atom is -0.298 e. The van der Waals surface area contributed by atoms with Crippen molar-refractivity contribution in [2.24, 2.45) is 5.41 Å². The SMILES string of the molecule is CC12CC(=O)c3c(ccc4ccccc34)C1=CCC2=O. The molecule has 2 aromatic carbocycles. The molecule has 0 heterocycles. The maximum atomic E-state index is 12.6. The fourth-order valence-electron chi connectivity index (χ4n) is 3.60. The zero-order valence-electron chi connectivity index (χ0n) is 11.3. The van der Waals surface area contributed by atoms with Crippen molar-refractivity contribution in [3.05, 3.63) is 53.6 Å². The van der Waals surface area contributed by atoms with Gasteiger partial charge in [0, 0.05) is 18.4 Å². The first-order valence-electron chi connectivity index (χ1n) is 6.90. The lowest BCUT2D eigenvalue weighted by Gasteiger charge is -2.32. The lowest BCUT2D eigenvalue weighted by Crippen LogP contribution is -2.32. The largest absolute Gasteiger partial charge is 0.298 e. The summed E-state index contributed by atoms with van der Waals surface area (Å²) in [6.07, 6.45) is 2.76. The van der Waals surface area contributed by atoms with Crippen LogP contribution in [0.1, 0.15) is 35.7 Å². The summed E-state index contributed by atoms with van der Waals surface area (Å²) in [5, 5.41) is 2.07. The van der Waals surface area contributed by atoms with Gasteiger partial charge in [0.25, 0.3) is 0 Å².